The monoisotopic (exact) mass is 128 g/mol. The van der Waals surface area contributed by atoms with E-state index in [1.165, 1.54) is 0 Å². The van der Waals surface area contributed by atoms with E-state index in [0.29, 0.717) is 0 Å². The Morgan fingerprint density at radius 1 is 1.11 bits per heavy atom. The quantitative estimate of drug-likeness (QED) is 0.263. The molecule has 0 fully saturated rings. The van der Waals surface area contributed by atoms with Crippen LogP contribution in [-0.4, -0.2) is 5.37 Å². The molecule has 40 valence electrons. The Labute approximate surface area is 72.5 Å². The van der Waals surface area contributed by atoms with Gasteiger partial charge >= 0.3 is 18.9 Å². The average Bonchev–Trinajstić information content (AvgIpc) is 1.90. The van der Waals surface area contributed by atoms with Gasteiger partial charge in [0.05, 0.1) is 0 Å². The van der Waals surface area contributed by atoms with E-state index in [1.54, 1.807) is 0 Å². The van der Waals surface area contributed by atoms with Crippen LogP contribution in [0.4, 0.5) is 0 Å². The zero-order valence-corrected chi connectivity index (χ0v) is 6.11. The Morgan fingerprint density at radius 3 is 2.00 bits per heavy atom. The molecule has 0 saturated heterocycles. The van der Waals surface area contributed by atoms with E-state index in [0.717, 1.165) is 5.56 Å². The molecule has 0 nitrogen and oxygen atoms in total. The Morgan fingerprint density at radius 2 is 1.67 bits per heavy atom. The molecule has 0 radical (unpaired) electrons. The van der Waals surface area contributed by atoms with E-state index < -0.39 is 0 Å². The molecule has 0 bridgehead atoms. The summed E-state index contributed by atoms with van der Waals surface area (Å²) in [6, 6.07) is 9.68. The van der Waals surface area contributed by atoms with Gasteiger partial charge in [0.25, 0.3) is 0 Å². The minimum atomic E-state index is 0. The van der Waals surface area contributed by atoms with Crippen molar-refractivity contribution in [1.82, 2.24) is 0 Å². The van der Waals surface area contributed by atoms with Gasteiger partial charge in [-0.15, -0.1) is 17.5 Å². The van der Waals surface area contributed by atoms with Gasteiger partial charge in [-0.25, -0.2) is 0 Å². The molecule has 9 heavy (non-hydrogen) atoms. The maximum absolute atomic E-state index is 4.57. The number of rotatable bonds is 1. The molecule has 0 unspecified atom stereocenters. The van der Waals surface area contributed by atoms with E-state index in [-0.39, 0.29) is 18.9 Å². The van der Waals surface area contributed by atoms with E-state index in [1.807, 2.05) is 30.3 Å². The molecule has 0 N–H and O–H groups in total. The molecule has 0 aromatic heterocycles. The zero-order valence-electron chi connectivity index (χ0n) is 5.29. The summed E-state index contributed by atoms with van der Waals surface area (Å²) in [6.07, 6.45) is 0. The van der Waals surface area contributed by atoms with Gasteiger partial charge < -0.3 is 0 Å². The van der Waals surface area contributed by atoms with Crippen LogP contribution in [0, 0.1) is 0 Å². The van der Waals surface area contributed by atoms with E-state index in [4.69, 9.17) is 0 Å². The molecule has 2 heteroatoms. The number of hydrogen-bond donors (Lipinski definition) is 0. The van der Waals surface area contributed by atoms with Gasteiger partial charge in [-0.05, 0) is 0 Å². The van der Waals surface area contributed by atoms with Gasteiger partial charge in [-0.2, -0.15) is 29.9 Å². The van der Waals surface area contributed by atoms with Crippen molar-refractivity contribution in [3.05, 3.63) is 35.9 Å². The van der Waals surface area contributed by atoms with Gasteiger partial charge in [-0.3, -0.25) is 0 Å². The van der Waals surface area contributed by atoms with Gasteiger partial charge in [0.2, 0.25) is 0 Å². The summed E-state index contributed by atoms with van der Waals surface area (Å²) in [4.78, 5) is 0. The predicted octanol–water partition coefficient (Wildman–Crippen LogP) is -1.08. The summed E-state index contributed by atoms with van der Waals surface area (Å²) in [6.45, 7) is 0. The van der Waals surface area contributed by atoms with Gasteiger partial charge in [0, 0.05) is 0 Å². The van der Waals surface area contributed by atoms with Crippen molar-refractivity contribution in [1.29, 1.82) is 0 Å². The maximum Gasteiger partial charge on any atom is 1.00 e. The topological polar surface area (TPSA) is 0 Å². The third-order valence-electron chi connectivity index (χ3n) is 0.892. The first-order valence-electron chi connectivity index (χ1n) is 2.36. The van der Waals surface area contributed by atoms with Crippen LogP contribution in [0.15, 0.2) is 30.3 Å². The van der Waals surface area contributed by atoms with Crippen molar-refractivity contribution in [2.45, 2.75) is 0 Å². The van der Waals surface area contributed by atoms with Crippen LogP contribution in [0.2, 0.25) is 0 Å². The first-order valence-corrected chi connectivity index (χ1v) is 2.77. The molecular formula is C7H5LiS. The Kier molecular flexibility index (Phi) is 4.71. The first kappa shape index (κ1) is 8.91. The first-order chi connectivity index (χ1) is 3.93. The molecule has 0 amide bonds. The van der Waals surface area contributed by atoms with E-state index in [2.05, 4.69) is 17.6 Å². The van der Waals surface area contributed by atoms with Gasteiger partial charge in [-0.1, -0.05) is 6.07 Å². The minimum Gasteiger partial charge on any atom is -0.181 e. The molecule has 0 atom stereocenters. The molecule has 0 aliphatic heterocycles. The number of hydrogen-bond acceptors (Lipinski definition) is 1. The van der Waals surface area contributed by atoms with Crippen LogP contribution < -0.4 is 18.9 Å². The third-order valence-corrected chi connectivity index (χ3v) is 1.13. The second-order valence-electron chi connectivity index (χ2n) is 1.47. The maximum atomic E-state index is 4.57. The van der Waals surface area contributed by atoms with Crippen LogP contribution in [-0.2, 0) is 0 Å². The molecule has 0 spiro atoms. The molecule has 0 saturated carbocycles. The molecule has 0 aliphatic carbocycles. The van der Waals surface area contributed by atoms with Crippen molar-refractivity contribution in [3.8, 4) is 0 Å². The average molecular weight is 128 g/mol. The summed E-state index contributed by atoms with van der Waals surface area (Å²) >= 11 is 4.57. The Hall–Kier alpha value is -0.0926. The molecule has 1 rings (SSSR count). The van der Waals surface area contributed by atoms with E-state index in [9.17, 15) is 0 Å². The number of benzene rings is 1. The fourth-order valence-electron chi connectivity index (χ4n) is 0.506. The molecular weight excluding hydrogens is 123 g/mol. The van der Waals surface area contributed by atoms with Crippen molar-refractivity contribution >= 4 is 17.6 Å². The molecule has 0 aliphatic rings. The van der Waals surface area contributed by atoms with Gasteiger partial charge in [0.15, 0.2) is 0 Å². The Balaban J connectivity index is 0.000000640. The van der Waals surface area contributed by atoms with Crippen LogP contribution in [0.25, 0.3) is 0 Å². The minimum absolute atomic E-state index is 0. The fourth-order valence-corrected chi connectivity index (χ4v) is 0.642. The second kappa shape index (κ2) is 4.76. The summed E-state index contributed by atoms with van der Waals surface area (Å²) in [7, 11) is 0. The number of thiocarbonyl (C=S) groups is 1. The van der Waals surface area contributed by atoms with Crippen LogP contribution >= 0.6 is 12.2 Å². The largest absolute Gasteiger partial charge is 1.00 e. The van der Waals surface area contributed by atoms with Crippen molar-refractivity contribution < 1.29 is 18.9 Å². The second-order valence-corrected chi connectivity index (χ2v) is 1.67. The van der Waals surface area contributed by atoms with Crippen molar-refractivity contribution in [2.75, 3.05) is 0 Å². The zero-order chi connectivity index (χ0) is 5.82. The normalized spacial score (nSPS) is 7.56. The Bertz CT molecular complexity index is 172. The smallest absolute Gasteiger partial charge is 0.181 e. The standard InChI is InChI=1S/C7H5S.Li/c8-6-7-4-2-1-3-5-7;/h1-5H;/q-1;+1. The SMILES string of the molecule is S=[C-]c1ccccc1.[Li+]. The molecule has 1 aromatic carbocycles. The fraction of sp³-hybridized carbons (Fsp3) is 0. The summed E-state index contributed by atoms with van der Waals surface area (Å²) in [5.74, 6) is 0. The molecule has 0 heterocycles. The van der Waals surface area contributed by atoms with Crippen LogP contribution in [0.3, 0.4) is 0 Å². The summed E-state index contributed by atoms with van der Waals surface area (Å²) in [5.41, 5.74) is 0.975. The van der Waals surface area contributed by atoms with Gasteiger partial charge in [0.1, 0.15) is 0 Å². The summed E-state index contributed by atoms with van der Waals surface area (Å²) < 4.78 is 0. The van der Waals surface area contributed by atoms with E-state index >= 15 is 0 Å². The predicted molar refractivity (Wildman–Crippen MR) is 38.1 cm³/mol. The molecule has 1 aromatic rings. The van der Waals surface area contributed by atoms with Crippen LogP contribution in [0.5, 0.6) is 0 Å². The van der Waals surface area contributed by atoms with Crippen molar-refractivity contribution in [3.63, 3.8) is 0 Å². The summed E-state index contributed by atoms with van der Waals surface area (Å²) in [5, 5.41) is 2.61. The third kappa shape index (κ3) is 2.81. The van der Waals surface area contributed by atoms with Crippen LogP contribution in [0.1, 0.15) is 5.56 Å². The van der Waals surface area contributed by atoms with Crippen molar-refractivity contribution in [2.24, 2.45) is 0 Å².